The van der Waals surface area contributed by atoms with Gasteiger partial charge in [-0.15, -0.1) is 0 Å². The molecule has 0 aliphatic heterocycles. The van der Waals surface area contributed by atoms with Crippen molar-refractivity contribution in [3.63, 3.8) is 0 Å². The Morgan fingerprint density at radius 3 is 2.07 bits per heavy atom. The van der Waals surface area contributed by atoms with Gasteiger partial charge in [0, 0.05) is 6.42 Å². The molecule has 0 rings (SSSR count). The fraction of sp³-hybridized carbons (Fsp3) is 1.00. The minimum Gasteiger partial charge on any atom is -0.343 e. The van der Waals surface area contributed by atoms with Crippen molar-refractivity contribution in [1.29, 1.82) is 0 Å². The van der Waals surface area contributed by atoms with Crippen LogP contribution in [-0.2, 0) is 9.47 Å². The molecule has 14 heavy (non-hydrogen) atoms. The predicted octanol–water partition coefficient (Wildman–Crippen LogP) is 2.68. The average Bonchev–Trinajstić information content (AvgIpc) is 2.16. The topological polar surface area (TPSA) is 38.7 Å². The molecule has 0 radical (unpaired) electrons. The second-order valence-electron chi connectivity index (χ2n) is 3.51. The van der Waals surface area contributed by atoms with E-state index in [0.717, 1.165) is 25.7 Å². The van der Waals surface area contributed by atoms with Crippen LogP contribution in [0.5, 0.6) is 0 Å². The molecule has 3 nitrogen and oxygen atoms in total. The molecule has 0 aromatic heterocycles. The fourth-order valence-corrected chi connectivity index (χ4v) is 1.14. The zero-order chi connectivity index (χ0) is 10.9. The Labute approximate surface area is 87.4 Å². The Kier molecular flexibility index (Phi) is 8.14. The van der Waals surface area contributed by atoms with Gasteiger partial charge in [-0.2, -0.15) is 0 Å². The van der Waals surface area contributed by atoms with Gasteiger partial charge >= 0.3 is 0 Å². The molecule has 1 unspecified atom stereocenters. The van der Waals surface area contributed by atoms with Crippen LogP contribution in [0.25, 0.3) is 0 Å². The summed E-state index contributed by atoms with van der Waals surface area (Å²) in [5.74, 6) is -1.35. The third-order valence-electron chi connectivity index (χ3n) is 1.92. The van der Waals surface area contributed by atoms with Crippen molar-refractivity contribution >= 4 is 0 Å². The molecule has 0 aromatic carbocycles. The summed E-state index contributed by atoms with van der Waals surface area (Å²) in [6, 6.07) is 0. The Bertz CT molecular complexity index is 128. The van der Waals surface area contributed by atoms with E-state index in [0.29, 0.717) is 19.6 Å². The number of hydrogen-bond acceptors (Lipinski definition) is 3. The van der Waals surface area contributed by atoms with E-state index >= 15 is 0 Å². The van der Waals surface area contributed by atoms with Crippen molar-refractivity contribution in [2.75, 3.05) is 13.2 Å². The zero-order valence-electron chi connectivity index (χ0n) is 9.71. The Hall–Kier alpha value is -0.120. The lowest BCUT2D eigenvalue weighted by Gasteiger charge is -2.27. The van der Waals surface area contributed by atoms with Gasteiger partial charge in [0.1, 0.15) is 0 Å². The summed E-state index contributed by atoms with van der Waals surface area (Å²) in [4.78, 5) is 0. The molecule has 86 valence electrons. The van der Waals surface area contributed by atoms with E-state index in [9.17, 15) is 5.11 Å². The van der Waals surface area contributed by atoms with Crippen molar-refractivity contribution < 1.29 is 14.6 Å². The van der Waals surface area contributed by atoms with Crippen LogP contribution in [-0.4, -0.2) is 24.3 Å². The molecule has 0 aliphatic rings. The van der Waals surface area contributed by atoms with Crippen molar-refractivity contribution in [3.8, 4) is 0 Å². The highest BCUT2D eigenvalue weighted by atomic mass is 16.8. The van der Waals surface area contributed by atoms with Gasteiger partial charge in [-0.25, -0.2) is 0 Å². The lowest BCUT2D eigenvalue weighted by molar-refractivity contribution is -0.363. The minimum atomic E-state index is -1.35. The summed E-state index contributed by atoms with van der Waals surface area (Å²) >= 11 is 0. The number of rotatable bonds is 9. The molecule has 0 aromatic rings. The van der Waals surface area contributed by atoms with Crippen LogP contribution in [0.2, 0.25) is 0 Å². The molecule has 0 bridgehead atoms. The van der Waals surface area contributed by atoms with E-state index < -0.39 is 5.97 Å². The largest absolute Gasteiger partial charge is 0.343 e. The zero-order valence-corrected chi connectivity index (χ0v) is 9.71. The second-order valence-corrected chi connectivity index (χ2v) is 3.51. The number of unbranched alkanes of at least 4 members (excludes halogenated alkanes) is 1. The van der Waals surface area contributed by atoms with E-state index in [2.05, 4.69) is 6.92 Å². The molecule has 1 atom stereocenters. The van der Waals surface area contributed by atoms with Crippen molar-refractivity contribution in [3.05, 3.63) is 0 Å². The quantitative estimate of drug-likeness (QED) is 0.463. The lowest BCUT2D eigenvalue weighted by atomic mass is 10.3. The van der Waals surface area contributed by atoms with Gasteiger partial charge < -0.3 is 14.6 Å². The number of ether oxygens (including phenoxy) is 2. The molecular weight excluding hydrogens is 180 g/mol. The standard InChI is InChI=1S/C11H24O3/c1-4-7-10-14-11(12,8-5-2)13-9-6-3/h12H,4-10H2,1-3H3. The predicted molar refractivity (Wildman–Crippen MR) is 57.0 cm³/mol. The van der Waals surface area contributed by atoms with Crippen LogP contribution in [0.3, 0.4) is 0 Å². The average molecular weight is 204 g/mol. The molecule has 0 heterocycles. The fourth-order valence-electron chi connectivity index (χ4n) is 1.14. The van der Waals surface area contributed by atoms with Crippen LogP contribution in [0.1, 0.15) is 52.9 Å². The normalized spacial score (nSPS) is 15.4. The SMILES string of the molecule is CCCCOC(O)(CCC)OCCC. The van der Waals surface area contributed by atoms with Crippen LogP contribution >= 0.6 is 0 Å². The Balaban J connectivity index is 3.82. The van der Waals surface area contributed by atoms with Gasteiger partial charge in [0.2, 0.25) is 0 Å². The molecule has 0 saturated carbocycles. The highest BCUT2D eigenvalue weighted by molar-refractivity contribution is 4.53. The maximum absolute atomic E-state index is 9.92. The van der Waals surface area contributed by atoms with Gasteiger partial charge in [0.15, 0.2) is 0 Å². The molecule has 0 fully saturated rings. The second kappa shape index (κ2) is 8.21. The summed E-state index contributed by atoms with van der Waals surface area (Å²) in [5, 5.41) is 9.92. The summed E-state index contributed by atoms with van der Waals surface area (Å²) in [7, 11) is 0. The van der Waals surface area contributed by atoms with Crippen LogP contribution in [0.4, 0.5) is 0 Å². The molecular formula is C11H24O3. The van der Waals surface area contributed by atoms with E-state index in [1.807, 2.05) is 13.8 Å². The van der Waals surface area contributed by atoms with E-state index in [1.165, 1.54) is 0 Å². The highest BCUT2D eigenvalue weighted by Crippen LogP contribution is 2.17. The molecule has 1 N–H and O–H groups in total. The number of aliphatic hydroxyl groups is 1. The molecule has 0 aliphatic carbocycles. The van der Waals surface area contributed by atoms with Crippen molar-refractivity contribution in [2.24, 2.45) is 0 Å². The first-order valence-electron chi connectivity index (χ1n) is 5.68. The minimum absolute atomic E-state index is 0.538. The molecule has 3 heteroatoms. The number of hydrogen-bond donors (Lipinski definition) is 1. The molecule has 0 spiro atoms. The summed E-state index contributed by atoms with van der Waals surface area (Å²) in [6.07, 6.45) is 4.31. The first kappa shape index (κ1) is 13.9. The Morgan fingerprint density at radius 2 is 1.57 bits per heavy atom. The monoisotopic (exact) mass is 204 g/mol. The summed E-state index contributed by atoms with van der Waals surface area (Å²) < 4.78 is 10.6. The van der Waals surface area contributed by atoms with E-state index in [4.69, 9.17) is 9.47 Å². The summed E-state index contributed by atoms with van der Waals surface area (Å²) in [5.41, 5.74) is 0. The highest BCUT2D eigenvalue weighted by Gasteiger charge is 2.27. The maximum atomic E-state index is 9.92. The van der Waals surface area contributed by atoms with Crippen LogP contribution < -0.4 is 0 Å². The van der Waals surface area contributed by atoms with Gasteiger partial charge in [-0.05, 0) is 19.3 Å². The third-order valence-corrected chi connectivity index (χ3v) is 1.92. The van der Waals surface area contributed by atoms with E-state index in [-0.39, 0.29) is 0 Å². The van der Waals surface area contributed by atoms with Crippen LogP contribution in [0, 0.1) is 0 Å². The van der Waals surface area contributed by atoms with Crippen LogP contribution in [0.15, 0.2) is 0 Å². The first-order chi connectivity index (χ1) is 6.68. The van der Waals surface area contributed by atoms with Gasteiger partial charge in [-0.3, -0.25) is 0 Å². The molecule has 0 amide bonds. The van der Waals surface area contributed by atoms with Gasteiger partial charge in [0.05, 0.1) is 13.2 Å². The third kappa shape index (κ3) is 6.35. The lowest BCUT2D eigenvalue weighted by Crippen LogP contribution is -2.36. The first-order valence-corrected chi connectivity index (χ1v) is 5.68. The van der Waals surface area contributed by atoms with Gasteiger partial charge in [-0.1, -0.05) is 27.2 Å². The smallest absolute Gasteiger partial charge is 0.280 e. The summed E-state index contributed by atoms with van der Waals surface area (Å²) in [6.45, 7) is 7.22. The molecule has 0 saturated heterocycles. The van der Waals surface area contributed by atoms with Gasteiger partial charge in [0.25, 0.3) is 5.97 Å². The van der Waals surface area contributed by atoms with Crippen molar-refractivity contribution in [2.45, 2.75) is 58.8 Å². The Morgan fingerprint density at radius 1 is 0.929 bits per heavy atom. The van der Waals surface area contributed by atoms with E-state index in [1.54, 1.807) is 0 Å². The maximum Gasteiger partial charge on any atom is 0.280 e. The van der Waals surface area contributed by atoms with Crippen molar-refractivity contribution in [1.82, 2.24) is 0 Å².